The average Bonchev–Trinajstić information content (AvgIpc) is 2.67. The summed E-state index contributed by atoms with van der Waals surface area (Å²) in [5.41, 5.74) is -0.886. The van der Waals surface area contributed by atoms with Crippen LogP contribution in [0.1, 0.15) is 30.0 Å². The van der Waals surface area contributed by atoms with Crippen LogP contribution < -0.4 is 5.32 Å². The Hall–Kier alpha value is -1.89. The predicted octanol–water partition coefficient (Wildman–Crippen LogP) is -0.452. The van der Waals surface area contributed by atoms with Crippen molar-refractivity contribution in [2.75, 3.05) is 6.54 Å². The lowest BCUT2D eigenvalue weighted by Gasteiger charge is -2.18. The van der Waals surface area contributed by atoms with Gasteiger partial charge < -0.3 is 15.5 Å². The number of amides is 1. The number of aryl methyl sites for hydroxylation is 2. The number of carboxylic acid groups (broad SMARTS) is 1. The molecule has 0 aliphatic carbocycles. The van der Waals surface area contributed by atoms with Crippen molar-refractivity contribution < 1.29 is 19.8 Å². The minimum atomic E-state index is -1.98. The third-order valence-electron chi connectivity index (χ3n) is 2.58. The van der Waals surface area contributed by atoms with Gasteiger partial charge in [0.25, 0.3) is 5.91 Å². The number of hydrogen-bond donors (Lipinski definition) is 3. The fraction of sp³-hybridized carbons (Fsp3) is 0.545. The zero-order valence-corrected chi connectivity index (χ0v) is 10.6. The summed E-state index contributed by atoms with van der Waals surface area (Å²) in [4.78, 5) is 22.5. The third-order valence-corrected chi connectivity index (χ3v) is 2.58. The van der Waals surface area contributed by atoms with Crippen LogP contribution in [0.25, 0.3) is 0 Å². The fourth-order valence-electron chi connectivity index (χ4n) is 1.33. The second kappa shape index (κ2) is 5.18. The number of hydrogen-bond acceptors (Lipinski definition) is 4. The molecule has 1 aromatic rings. The van der Waals surface area contributed by atoms with Gasteiger partial charge in [0, 0.05) is 7.05 Å². The van der Waals surface area contributed by atoms with Crippen molar-refractivity contribution in [2.24, 2.45) is 7.05 Å². The van der Waals surface area contributed by atoms with E-state index < -0.39 is 17.5 Å². The highest BCUT2D eigenvalue weighted by molar-refractivity contribution is 5.93. The van der Waals surface area contributed by atoms with Gasteiger partial charge in [-0.05, 0) is 19.4 Å². The molecule has 1 amide bonds. The van der Waals surface area contributed by atoms with E-state index in [1.165, 1.54) is 4.68 Å². The summed E-state index contributed by atoms with van der Waals surface area (Å²) >= 11 is 0. The summed E-state index contributed by atoms with van der Waals surface area (Å²) in [7, 11) is 1.63. The predicted molar refractivity (Wildman–Crippen MR) is 63.2 cm³/mol. The number of aliphatic hydroxyl groups is 1. The van der Waals surface area contributed by atoms with Gasteiger partial charge in [-0.3, -0.25) is 9.48 Å². The SMILES string of the molecule is CCc1cc(C(=O)NCC(C)(O)C(=O)O)n(C)n1. The topological polar surface area (TPSA) is 104 Å². The van der Waals surface area contributed by atoms with Crippen molar-refractivity contribution in [2.45, 2.75) is 25.9 Å². The maximum absolute atomic E-state index is 11.8. The molecule has 0 spiro atoms. The van der Waals surface area contributed by atoms with Crippen molar-refractivity contribution in [3.63, 3.8) is 0 Å². The zero-order chi connectivity index (χ0) is 13.9. The van der Waals surface area contributed by atoms with Crippen molar-refractivity contribution >= 4 is 11.9 Å². The molecule has 0 aromatic carbocycles. The van der Waals surface area contributed by atoms with Crippen LogP contribution in [0.5, 0.6) is 0 Å². The largest absolute Gasteiger partial charge is 0.479 e. The molecule has 0 fully saturated rings. The Kier molecular flexibility index (Phi) is 4.07. The molecule has 1 rings (SSSR count). The van der Waals surface area contributed by atoms with Crippen LogP contribution in [0.3, 0.4) is 0 Å². The molecule has 0 aliphatic rings. The highest BCUT2D eigenvalue weighted by Gasteiger charge is 2.30. The lowest BCUT2D eigenvalue weighted by Crippen LogP contribution is -2.46. The number of rotatable bonds is 5. The Bertz CT molecular complexity index is 465. The Morgan fingerprint density at radius 3 is 2.61 bits per heavy atom. The summed E-state index contributed by atoms with van der Waals surface area (Å²) in [5, 5.41) is 24.6. The summed E-state index contributed by atoms with van der Waals surface area (Å²) in [5.74, 6) is -1.85. The number of carboxylic acids is 1. The van der Waals surface area contributed by atoms with Crippen molar-refractivity contribution in [1.82, 2.24) is 15.1 Å². The van der Waals surface area contributed by atoms with Crippen molar-refractivity contribution in [3.05, 3.63) is 17.5 Å². The molecule has 0 saturated heterocycles. The van der Waals surface area contributed by atoms with Crippen molar-refractivity contribution in [3.8, 4) is 0 Å². The number of aliphatic carboxylic acids is 1. The average molecular weight is 255 g/mol. The third kappa shape index (κ3) is 3.07. The first-order chi connectivity index (χ1) is 8.27. The van der Waals surface area contributed by atoms with Gasteiger partial charge in [-0.2, -0.15) is 5.10 Å². The zero-order valence-electron chi connectivity index (χ0n) is 10.6. The number of nitrogens with zero attached hydrogens (tertiary/aromatic N) is 2. The van der Waals surface area contributed by atoms with Gasteiger partial charge >= 0.3 is 5.97 Å². The number of aromatic nitrogens is 2. The molecule has 7 nitrogen and oxygen atoms in total. The molecule has 1 atom stereocenters. The molecule has 3 N–H and O–H groups in total. The first kappa shape index (κ1) is 14.2. The van der Waals surface area contributed by atoms with E-state index in [4.69, 9.17) is 5.11 Å². The number of carbonyl (C=O) groups is 2. The van der Waals surface area contributed by atoms with Crippen LogP contribution >= 0.6 is 0 Å². The molecule has 0 aliphatic heterocycles. The van der Waals surface area contributed by atoms with Gasteiger partial charge in [-0.1, -0.05) is 6.92 Å². The Morgan fingerprint density at radius 2 is 2.17 bits per heavy atom. The second-order valence-corrected chi connectivity index (χ2v) is 4.26. The summed E-state index contributed by atoms with van der Waals surface area (Å²) in [6, 6.07) is 1.63. The molecule has 18 heavy (non-hydrogen) atoms. The van der Waals surface area contributed by atoms with E-state index >= 15 is 0 Å². The molecule has 7 heteroatoms. The Morgan fingerprint density at radius 1 is 1.56 bits per heavy atom. The molecule has 0 radical (unpaired) electrons. The lowest BCUT2D eigenvalue weighted by atomic mass is 10.1. The summed E-state index contributed by atoms with van der Waals surface area (Å²) < 4.78 is 1.42. The van der Waals surface area contributed by atoms with Crippen LogP contribution in [-0.4, -0.2) is 44.0 Å². The van der Waals surface area contributed by atoms with Gasteiger partial charge in [0.1, 0.15) is 5.69 Å². The molecular formula is C11H17N3O4. The standard InChI is InChI=1S/C11H17N3O4/c1-4-7-5-8(14(3)13-7)9(15)12-6-11(2,18)10(16)17/h5,18H,4,6H2,1-3H3,(H,12,15)(H,16,17). The Balaban J connectivity index is 2.71. The van der Waals surface area contributed by atoms with E-state index in [-0.39, 0.29) is 6.54 Å². The maximum Gasteiger partial charge on any atom is 0.337 e. The van der Waals surface area contributed by atoms with Gasteiger partial charge in [-0.15, -0.1) is 0 Å². The van der Waals surface area contributed by atoms with Gasteiger partial charge in [-0.25, -0.2) is 4.79 Å². The summed E-state index contributed by atoms with van der Waals surface area (Å²) in [6.07, 6.45) is 0.702. The van der Waals surface area contributed by atoms with Crippen LogP contribution in [0.4, 0.5) is 0 Å². The minimum Gasteiger partial charge on any atom is -0.479 e. The molecular weight excluding hydrogens is 238 g/mol. The van der Waals surface area contributed by atoms with Crippen molar-refractivity contribution in [1.29, 1.82) is 0 Å². The normalized spacial score (nSPS) is 14.0. The molecule has 1 heterocycles. The van der Waals surface area contributed by atoms with Gasteiger partial charge in [0.15, 0.2) is 5.60 Å². The second-order valence-electron chi connectivity index (χ2n) is 4.26. The van der Waals surface area contributed by atoms with E-state index in [1.807, 2.05) is 6.92 Å². The van der Waals surface area contributed by atoms with E-state index in [2.05, 4.69) is 10.4 Å². The fourth-order valence-corrected chi connectivity index (χ4v) is 1.33. The smallest absolute Gasteiger partial charge is 0.337 e. The Labute approximate surface area is 104 Å². The van der Waals surface area contributed by atoms with Gasteiger partial charge in [0.2, 0.25) is 0 Å². The highest BCUT2D eigenvalue weighted by Crippen LogP contribution is 2.05. The number of carbonyl (C=O) groups excluding carboxylic acids is 1. The van der Waals surface area contributed by atoms with Crippen LogP contribution in [0.2, 0.25) is 0 Å². The molecule has 0 bridgehead atoms. The van der Waals surface area contributed by atoms with Crippen LogP contribution in [0.15, 0.2) is 6.07 Å². The monoisotopic (exact) mass is 255 g/mol. The molecule has 100 valence electrons. The summed E-state index contributed by atoms with van der Waals surface area (Å²) in [6.45, 7) is 2.67. The van der Waals surface area contributed by atoms with E-state index in [9.17, 15) is 14.7 Å². The molecule has 0 saturated carbocycles. The maximum atomic E-state index is 11.8. The van der Waals surface area contributed by atoms with E-state index in [0.717, 1.165) is 12.6 Å². The highest BCUT2D eigenvalue weighted by atomic mass is 16.4. The quantitative estimate of drug-likeness (QED) is 0.661. The van der Waals surface area contributed by atoms with Crippen LogP contribution in [-0.2, 0) is 18.3 Å². The van der Waals surface area contributed by atoms with Crippen LogP contribution in [0, 0.1) is 0 Å². The minimum absolute atomic E-state index is 0.327. The molecule has 1 aromatic heterocycles. The van der Waals surface area contributed by atoms with Gasteiger partial charge in [0.05, 0.1) is 12.2 Å². The van der Waals surface area contributed by atoms with E-state index in [0.29, 0.717) is 12.1 Å². The van der Waals surface area contributed by atoms with E-state index in [1.54, 1.807) is 13.1 Å². The first-order valence-corrected chi connectivity index (χ1v) is 5.55. The lowest BCUT2D eigenvalue weighted by molar-refractivity contribution is -0.155. The number of nitrogens with one attached hydrogen (secondary N) is 1. The first-order valence-electron chi connectivity index (χ1n) is 5.55. The molecule has 1 unspecified atom stereocenters.